The summed E-state index contributed by atoms with van der Waals surface area (Å²) in [7, 11) is 1.84. The zero-order chi connectivity index (χ0) is 20.3. The summed E-state index contributed by atoms with van der Waals surface area (Å²) in [4.78, 5) is 37.9. The molecule has 0 aromatic rings. The van der Waals surface area contributed by atoms with Gasteiger partial charge in [-0.25, -0.2) is 0 Å². The summed E-state index contributed by atoms with van der Waals surface area (Å²) in [6, 6.07) is 0. The SMILES string of the molecule is CNC1(C(=O)CNC2(C(=O)CCNC3(C(C)=O)CCCCC3)CCCC2)CC1. The number of hydrogen-bond acceptors (Lipinski definition) is 6. The molecule has 3 N–H and O–H groups in total. The normalized spacial score (nSPS) is 24.6. The zero-order valence-corrected chi connectivity index (χ0v) is 17.6. The molecule has 3 saturated carbocycles. The highest BCUT2D eigenvalue weighted by Crippen LogP contribution is 2.37. The van der Waals surface area contributed by atoms with Gasteiger partial charge in [0.2, 0.25) is 0 Å². The molecule has 3 aliphatic rings. The van der Waals surface area contributed by atoms with Crippen LogP contribution in [0.3, 0.4) is 0 Å². The molecule has 0 radical (unpaired) electrons. The lowest BCUT2D eigenvalue weighted by Crippen LogP contribution is -2.56. The average molecular weight is 392 g/mol. The van der Waals surface area contributed by atoms with Crippen LogP contribution in [0.1, 0.15) is 84.0 Å². The molecule has 0 bridgehead atoms. The fraction of sp³-hybridized carbons (Fsp3) is 0.864. The Morgan fingerprint density at radius 3 is 1.82 bits per heavy atom. The fourth-order valence-corrected chi connectivity index (χ4v) is 5.21. The maximum atomic E-state index is 13.1. The number of nitrogens with one attached hydrogen (secondary N) is 3. The monoisotopic (exact) mass is 391 g/mol. The van der Waals surface area contributed by atoms with Gasteiger partial charge in [-0.3, -0.25) is 19.7 Å². The number of likely N-dealkylation sites (N-methyl/N-ethyl adjacent to an activating group) is 1. The van der Waals surface area contributed by atoms with Gasteiger partial charge >= 0.3 is 0 Å². The van der Waals surface area contributed by atoms with Crippen molar-refractivity contribution >= 4 is 17.3 Å². The van der Waals surface area contributed by atoms with Gasteiger partial charge < -0.3 is 10.6 Å². The van der Waals surface area contributed by atoms with Gasteiger partial charge in [-0.2, -0.15) is 0 Å². The number of carbonyl (C=O) groups is 3. The summed E-state index contributed by atoms with van der Waals surface area (Å²) in [6.07, 6.45) is 10.9. The highest BCUT2D eigenvalue weighted by atomic mass is 16.1. The minimum absolute atomic E-state index is 0.171. The Morgan fingerprint density at radius 2 is 1.29 bits per heavy atom. The van der Waals surface area contributed by atoms with Crippen LogP contribution in [-0.2, 0) is 14.4 Å². The van der Waals surface area contributed by atoms with Gasteiger partial charge in [0.1, 0.15) is 5.78 Å². The van der Waals surface area contributed by atoms with Crippen molar-refractivity contribution in [3.8, 4) is 0 Å². The first-order chi connectivity index (χ1) is 13.4. The first-order valence-electron chi connectivity index (χ1n) is 11.1. The molecule has 0 unspecified atom stereocenters. The molecule has 3 fully saturated rings. The zero-order valence-electron chi connectivity index (χ0n) is 17.6. The number of hydrogen-bond donors (Lipinski definition) is 3. The van der Waals surface area contributed by atoms with E-state index in [1.807, 2.05) is 7.05 Å². The molecule has 6 heteroatoms. The molecule has 0 aromatic heterocycles. The Labute approximate surface area is 169 Å². The van der Waals surface area contributed by atoms with Crippen molar-refractivity contribution < 1.29 is 14.4 Å². The van der Waals surface area contributed by atoms with E-state index in [1.165, 1.54) is 6.42 Å². The van der Waals surface area contributed by atoms with Crippen LogP contribution in [0, 0.1) is 0 Å². The molecule has 6 nitrogen and oxygen atoms in total. The highest BCUT2D eigenvalue weighted by Gasteiger charge is 2.49. The molecular formula is C22H37N3O3. The molecule has 0 aliphatic heterocycles. The van der Waals surface area contributed by atoms with E-state index < -0.39 is 11.1 Å². The van der Waals surface area contributed by atoms with Crippen LogP contribution in [0.5, 0.6) is 0 Å². The summed E-state index contributed by atoms with van der Waals surface area (Å²) in [6.45, 7) is 2.47. The second-order valence-electron chi connectivity index (χ2n) is 9.20. The summed E-state index contributed by atoms with van der Waals surface area (Å²) in [5, 5.41) is 9.94. The fourth-order valence-electron chi connectivity index (χ4n) is 5.21. The lowest BCUT2D eigenvalue weighted by atomic mass is 9.78. The largest absolute Gasteiger partial charge is 0.308 e. The van der Waals surface area contributed by atoms with E-state index in [-0.39, 0.29) is 29.4 Å². The minimum atomic E-state index is -0.558. The summed E-state index contributed by atoms with van der Waals surface area (Å²) >= 11 is 0. The average Bonchev–Trinajstić information content (AvgIpc) is 3.36. The lowest BCUT2D eigenvalue weighted by Gasteiger charge is -2.36. The van der Waals surface area contributed by atoms with Crippen molar-refractivity contribution in [1.29, 1.82) is 0 Å². The van der Waals surface area contributed by atoms with Crippen LogP contribution < -0.4 is 16.0 Å². The van der Waals surface area contributed by atoms with E-state index in [9.17, 15) is 14.4 Å². The van der Waals surface area contributed by atoms with E-state index in [0.717, 1.165) is 64.2 Å². The molecule has 28 heavy (non-hydrogen) atoms. The Kier molecular flexibility index (Phi) is 6.72. The van der Waals surface area contributed by atoms with Crippen LogP contribution in [0.15, 0.2) is 0 Å². The van der Waals surface area contributed by atoms with Crippen LogP contribution in [-0.4, -0.2) is 54.1 Å². The predicted octanol–water partition coefficient (Wildman–Crippen LogP) is 2.05. The van der Waals surface area contributed by atoms with E-state index in [4.69, 9.17) is 0 Å². The Morgan fingerprint density at radius 1 is 0.714 bits per heavy atom. The van der Waals surface area contributed by atoms with Gasteiger partial charge in [0.25, 0.3) is 0 Å². The third-order valence-corrected chi connectivity index (χ3v) is 7.54. The van der Waals surface area contributed by atoms with Crippen LogP contribution in [0.4, 0.5) is 0 Å². The number of Topliss-reactive ketones (excluding diaryl/α,β-unsaturated/α-hetero) is 3. The highest BCUT2D eigenvalue weighted by molar-refractivity contribution is 5.94. The summed E-state index contributed by atoms with van der Waals surface area (Å²) < 4.78 is 0. The van der Waals surface area contributed by atoms with Crippen molar-refractivity contribution in [3.63, 3.8) is 0 Å². The third-order valence-electron chi connectivity index (χ3n) is 7.54. The quantitative estimate of drug-likeness (QED) is 0.500. The van der Waals surface area contributed by atoms with Crippen LogP contribution in [0.25, 0.3) is 0 Å². The summed E-state index contributed by atoms with van der Waals surface area (Å²) in [5.41, 5.74) is -1.35. The van der Waals surface area contributed by atoms with Gasteiger partial charge in [-0.1, -0.05) is 32.1 Å². The molecule has 0 heterocycles. The Hall–Kier alpha value is -1.11. The smallest absolute Gasteiger partial charge is 0.166 e. The van der Waals surface area contributed by atoms with Crippen molar-refractivity contribution in [2.45, 2.75) is 101 Å². The number of carbonyl (C=O) groups excluding carboxylic acids is 3. The first-order valence-corrected chi connectivity index (χ1v) is 11.1. The number of rotatable bonds is 11. The van der Waals surface area contributed by atoms with E-state index >= 15 is 0 Å². The van der Waals surface area contributed by atoms with Gasteiger partial charge in [-0.05, 0) is 52.5 Å². The third kappa shape index (κ3) is 4.39. The van der Waals surface area contributed by atoms with Crippen molar-refractivity contribution in [2.75, 3.05) is 20.1 Å². The van der Waals surface area contributed by atoms with Crippen molar-refractivity contribution in [1.82, 2.24) is 16.0 Å². The molecule has 3 rings (SSSR count). The van der Waals surface area contributed by atoms with Gasteiger partial charge in [0, 0.05) is 13.0 Å². The molecule has 0 atom stereocenters. The van der Waals surface area contributed by atoms with E-state index in [2.05, 4.69) is 16.0 Å². The van der Waals surface area contributed by atoms with Crippen LogP contribution in [0.2, 0.25) is 0 Å². The Bertz CT molecular complexity index is 600. The maximum absolute atomic E-state index is 13.1. The minimum Gasteiger partial charge on any atom is -0.308 e. The van der Waals surface area contributed by atoms with E-state index in [0.29, 0.717) is 13.0 Å². The van der Waals surface area contributed by atoms with Gasteiger partial charge in [0.15, 0.2) is 11.6 Å². The van der Waals surface area contributed by atoms with Crippen molar-refractivity contribution in [3.05, 3.63) is 0 Å². The van der Waals surface area contributed by atoms with Crippen LogP contribution >= 0.6 is 0 Å². The summed E-state index contributed by atoms with van der Waals surface area (Å²) in [5.74, 6) is 0.555. The first kappa shape index (κ1) is 21.6. The topological polar surface area (TPSA) is 87.3 Å². The maximum Gasteiger partial charge on any atom is 0.166 e. The molecule has 0 amide bonds. The molecule has 3 aliphatic carbocycles. The molecule has 0 saturated heterocycles. The second-order valence-corrected chi connectivity index (χ2v) is 9.20. The molecule has 0 spiro atoms. The second kappa shape index (κ2) is 8.72. The van der Waals surface area contributed by atoms with E-state index in [1.54, 1.807) is 6.92 Å². The van der Waals surface area contributed by atoms with Gasteiger partial charge in [0.05, 0.1) is 23.2 Å². The number of ketones is 3. The molecule has 0 aromatic carbocycles. The predicted molar refractivity (Wildman–Crippen MR) is 109 cm³/mol. The lowest BCUT2D eigenvalue weighted by molar-refractivity contribution is -0.128. The molecule has 158 valence electrons. The standard InChI is InChI=1S/C22H37N3O3/c1-17(26)20(9-4-3-5-10-20)24-15-8-18(27)22(11-6-7-12-22)25-16-19(28)21(23-2)13-14-21/h23-25H,3-16H2,1-2H3. The molecular weight excluding hydrogens is 354 g/mol. The van der Waals surface area contributed by atoms with Crippen molar-refractivity contribution in [2.24, 2.45) is 0 Å². The Balaban J connectivity index is 1.54. The van der Waals surface area contributed by atoms with Gasteiger partial charge in [-0.15, -0.1) is 0 Å².